The molecule has 0 atom stereocenters. The van der Waals surface area contributed by atoms with Crippen LogP contribution in [0.3, 0.4) is 0 Å². The van der Waals surface area contributed by atoms with Crippen molar-refractivity contribution in [3.8, 4) is 28.6 Å². The van der Waals surface area contributed by atoms with Gasteiger partial charge in [-0.05, 0) is 36.4 Å². The van der Waals surface area contributed by atoms with Crippen LogP contribution < -0.4 is 14.2 Å². The number of hydrogen-bond acceptors (Lipinski definition) is 6. The van der Waals surface area contributed by atoms with E-state index in [1.807, 2.05) is 0 Å². The van der Waals surface area contributed by atoms with E-state index in [-0.39, 0.29) is 11.4 Å². The van der Waals surface area contributed by atoms with E-state index in [2.05, 4.69) is 10.2 Å². The Hall–Kier alpha value is -3.48. The molecule has 6 nitrogen and oxygen atoms in total. The minimum absolute atomic E-state index is 0.0381. The van der Waals surface area contributed by atoms with Crippen molar-refractivity contribution in [2.24, 2.45) is 0 Å². The molecular weight excluding hydrogens is 339 g/mol. The monoisotopic (exact) mass is 354 g/mol. The van der Waals surface area contributed by atoms with Gasteiger partial charge in [0.05, 0.1) is 25.5 Å². The Balaban J connectivity index is 1.83. The van der Waals surface area contributed by atoms with Gasteiger partial charge in [-0.1, -0.05) is 12.1 Å². The lowest BCUT2D eigenvalue weighted by atomic mass is 10.1. The standard InChI is InChI=1S/C19H15FN2O4/c1-24-12-7-9-17(25-2)14(11-12)16-8-10-18(22-21-16)26-19(23)13-5-3-4-6-15(13)20/h3-11H,1-2H3. The minimum Gasteiger partial charge on any atom is -0.497 e. The summed E-state index contributed by atoms with van der Waals surface area (Å²) >= 11 is 0. The summed E-state index contributed by atoms with van der Waals surface area (Å²) in [4.78, 5) is 12.0. The van der Waals surface area contributed by atoms with Gasteiger partial charge in [0.2, 0.25) is 5.88 Å². The Morgan fingerprint density at radius 1 is 0.962 bits per heavy atom. The summed E-state index contributed by atoms with van der Waals surface area (Å²) in [5, 5.41) is 7.91. The molecule has 0 unspecified atom stereocenters. The summed E-state index contributed by atoms with van der Waals surface area (Å²) in [6.45, 7) is 0. The lowest BCUT2D eigenvalue weighted by Gasteiger charge is -2.10. The number of ether oxygens (including phenoxy) is 3. The van der Waals surface area contributed by atoms with Crippen LogP contribution in [0.2, 0.25) is 0 Å². The van der Waals surface area contributed by atoms with Gasteiger partial charge in [-0.2, -0.15) is 0 Å². The first kappa shape index (κ1) is 17.3. The third-order valence-corrected chi connectivity index (χ3v) is 3.61. The zero-order valence-corrected chi connectivity index (χ0v) is 14.1. The zero-order valence-electron chi connectivity index (χ0n) is 14.1. The largest absolute Gasteiger partial charge is 0.497 e. The molecule has 0 bridgehead atoms. The fourth-order valence-electron chi connectivity index (χ4n) is 2.31. The van der Waals surface area contributed by atoms with Crippen LogP contribution in [0.5, 0.6) is 17.4 Å². The van der Waals surface area contributed by atoms with Gasteiger partial charge in [0.25, 0.3) is 0 Å². The Kier molecular flexibility index (Phi) is 5.07. The summed E-state index contributed by atoms with van der Waals surface area (Å²) in [5.41, 5.74) is 1.01. The summed E-state index contributed by atoms with van der Waals surface area (Å²) in [7, 11) is 3.10. The first-order valence-corrected chi connectivity index (χ1v) is 7.65. The van der Waals surface area contributed by atoms with E-state index >= 15 is 0 Å². The first-order chi connectivity index (χ1) is 12.6. The molecule has 0 fully saturated rings. The number of rotatable bonds is 5. The molecule has 0 saturated heterocycles. The summed E-state index contributed by atoms with van der Waals surface area (Å²) in [6, 6.07) is 13.9. The fourth-order valence-corrected chi connectivity index (χ4v) is 2.31. The Labute approximate surface area is 149 Å². The minimum atomic E-state index is -0.843. The number of methoxy groups -OCH3 is 2. The molecule has 132 valence electrons. The molecule has 0 amide bonds. The van der Waals surface area contributed by atoms with Crippen LogP contribution in [-0.4, -0.2) is 30.4 Å². The molecule has 3 aromatic rings. The highest BCUT2D eigenvalue weighted by molar-refractivity contribution is 5.91. The summed E-state index contributed by atoms with van der Waals surface area (Å²) in [6.07, 6.45) is 0. The van der Waals surface area contributed by atoms with Crippen LogP contribution in [0, 0.1) is 5.82 Å². The van der Waals surface area contributed by atoms with Crippen molar-refractivity contribution in [3.63, 3.8) is 0 Å². The first-order valence-electron chi connectivity index (χ1n) is 7.65. The third kappa shape index (κ3) is 3.61. The molecule has 0 aliphatic rings. The highest BCUT2D eigenvalue weighted by Crippen LogP contribution is 2.32. The van der Waals surface area contributed by atoms with Crippen LogP contribution in [-0.2, 0) is 0 Å². The fraction of sp³-hybridized carbons (Fsp3) is 0.105. The maximum absolute atomic E-state index is 13.6. The maximum Gasteiger partial charge on any atom is 0.347 e. The Morgan fingerprint density at radius 2 is 1.77 bits per heavy atom. The molecule has 1 heterocycles. The average molecular weight is 354 g/mol. The Morgan fingerprint density at radius 3 is 2.42 bits per heavy atom. The molecule has 0 N–H and O–H groups in total. The molecular formula is C19H15FN2O4. The SMILES string of the molecule is COc1ccc(OC)c(-c2ccc(OC(=O)c3ccccc3F)nn2)c1. The van der Waals surface area contributed by atoms with Crippen molar-refractivity contribution in [1.29, 1.82) is 0 Å². The molecule has 3 rings (SSSR count). The molecule has 0 saturated carbocycles. The van der Waals surface area contributed by atoms with E-state index < -0.39 is 11.8 Å². The second-order valence-electron chi connectivity index (χ2n) is 5.19. The lowest BCUT2D eigenvalue weighted by Crippen LogP contribution is -2.11. The lowest BCUT2D eigenvalue weighted by molar-refractivity contribution is 0.0721. The Bertz CT molecular complexity index is 929. The van der Waals surface area contributed by atoms with Crippen LogP contribution in [0.25, 0.3) is 11.3 Å². The van der Waals surface area contributed by atoms with E-state index in [4.69, 9.17) is 14.2 Å². The van der Waals surface area contributed by atoms with Gasteiger partial charge in [0.15, 0.2) is 0 Å². The molecule has 0 spiro atoms. The second kappa shape index (κ2) is 7.60. The van der Waals surface area contributed by atoms with Crippen LogP contribution in [0.4, 0.5) is 4.39 Å². The van der Waals surface area contributed by atoms with Crippen molar-refractivity contribution in [1.82, 2.24) is 10.2 Å². The van der Waals surface area contributed by atoms with Gasteiger partial charge in [0, 0.05) is 11.6 Å². The molecule has 1 aromatic heterocycles. The van der Waals surface area contributed by atoms with E-state index in [0.717, 1.165) is 0 Å². The number of halogens is 1. The highest BCUT2D eigenvalue weighted by Gasteiger charge is 2.15. The smallest absolute Gasteiger partial charge is 0.347 e. The third-order valence-electron chi connectivity index (χ3n) is 3.61. The normalized spacial score (nSPS) is 10.3. The van der Waals surface area contributed by atoms with Crippen LogP contribution in [0.1, 0.15) is 10.4 Å². The van der Waals surface area contributed by atoms with Gasteiger partial charge < -0.3 is 14.2 Å². The summed E-state index contributed by atoms with van der Waals surface area (Å²) in [5.74, 6) is -0.315. The van der Waals surface area contributed by atoms with E-state index in [1.165, 1.54) is 24.3 Å². The number of nitrogens with zero attached hydrogens (tertiary/aromatic N) is 2. The van der Waals surface area contributed by atoms with Crippen LogP contribution >= 0.6 is 0 Å². The number of esters is 1. The van der Waals surface area contributed by atoms with E-state index in [9.17, 15) is 9.18 Å². The number of aromatic nitrogens is 2. The number of carbonyl (C=O) groups excluding carboxylic acids is 1. The van der Waals surface area contributed by atoms with E-state index in [0.29, 0.717) is 22.8 Å². The van der Waals surface area contributed by atoms with Crippen molar-refractivity contribution >= 4 is 5.97 Å². The van der Waals surface area contributed by atoms with E-state index in [1.54, 1.807) is 44.6 Å². The van der Waals surface area contributed by atoms with Gasteiger partial charge in [-0.25, -0.2) is 9.18 Å². The number of carbonyl (C=O) groups is 1. The number of hydrogen-bond donors (Lipinski definition) is 0. The molecule has 0 radical (unpaired) electrons. The molecule has 7 heteroatoms. The second-order valence-corrected chi connectivity index (χ2v) is 5.19. The molecule has 0 aliphatic heterocycles. The van der Waals surface area contributed by atoms with Gasteiger partial charge >= 0.3 is 5.97 Å². The molecule has 26 heavy (non-hydrogen) atoms. The zero-order chi connectivity index (χ0) is 18.5. The van der Waals surface area contributed by atoms with Crippen molar-refractivity contribution in [2.45, 2.75) is 0 Å². The van der Waals surface area contributed by atoms with Gasteiger partial charge in [0.1, 0.15) is 17.3 Å². The average Bonchev–Trinajstić information content (AvgIpc) is 2.68. The van der Waals surface area contributed by atoms with Gasteiger partial charge in [-0.3, -0.25) is 0 Å². The van der Waals surface area contributed by atoms with Crippen LogP contribution in [0.15, 0.2) is 54.6 Å². The predicted molar refractivity (Wildman–Crippen MR) is 91.9 cm³/mol. The number of benzene rings is 2. The topological polar surface area (TPSA) is 70.5 Å². The van der Waals surface area contributed by atoms with Gasteiger partial charge in [-0.15, -0.1) is 10.2 Å². The summed E-state index contributed by atoms with van der Waals surface area (Å²) < 4.78 is 29.2. The molecule has 0 aliphatic carbocycles. The predicted octanol–water partition coefficient (Wildman–Crippen LogP) is 3.52. The van der Waals surface area contributed by atoms with Crippen molar-refractivity contribution in [3.05, 3.63) is 66.0 Å². The van der Waals surface area contributed by atoms with Crippen molar-refractivity contribution < 1.29 is 23.4 Å². The highest BCUT2D eigenvalue weighted by atomic mass is 19.1. The molecule has 2 aromatic carbocycles. The van der Waals surface area contributed by atoms with Crippen molar-refractivity contribution in [2.75, 3.05) is 14.2 Å². The quantitative estimate of drug-likeness (QED) is 0.653. The maximum atomic E-state index is 13.6.